The molecule has 6 heterocycles. The zero-order valence-electron chi connectivity index (χ0n) is 21.3. The summed E-state index contributed by atoms with van der Waals surface area (Å²) in [7, 11) is 0. The van der Waals surface area contributed by atoms with Gasteiger partial charge in [0, 0.05) is 54.4 Å². The van der Waals surface area contributed by atoms with Crippen molar-refractivity contribution in [3.05, 3.63) is 53.1 Å². The molecule has 1 aliphatic heterocycles. The van der Waals surface area contributed by atoms with E-state index in [-0.39, 0.29) is 5.92 Å². The highest BCUT2D eigenvalue weighted by Gasteiger charge is 2.25. The summed E-state index contributed by atoms with van der Waals surface area (Å²) in [5.74, 6) is 4.05. The number of aryl methyl sites for hydroxylation is 2. The molecule has 1 atom stereocenters. The van der Waals surface area contributed by atoms with E-state index in [9.17, 15) is 0 Å². The van der Waals surface area contributed by atoms with Crippen LogP contribution in [0.2, 0.25) is 0 Å². The molecular formula is C25H31N11. The van der Waals surface area contributed by atoms with Crippen LogP contribution in [0.3, 0.4) is 0 Å². The highest BCUT2D eigenvalue weighted by atomic mass is 15.4. The Kier molecular flexibility index (Phi) is 5.62. The lowest BCUT2D eigenvalue weighted by atomic mass is 9.96. The molecule has 11 heteroatoms. The number of fused-ring (bicyclic) bond motifs is 2. The quantitative estimate of drug-likeness (QED) is 0.361. The normalized spacial score (nSPS) is 15.3. The van der Waals surface area contributed by atoms with E-state index >= 15 is 0 Å². The monoisotopic (exact) mass is 485 g/mol. The zero-order chi connectivity index (χ0) is 24.8. The summed E-state index contributed by atoms with van der Waals surface area (Å²) in [6.07, 6.45) is 10.5. The van der Waals surface area contributed by atoms with Crippen molar-refractivity contribution in [3.8, 4) is 5.82 Å². The van der Waals surface area contributed by atoms with Crippen LogP contribution >= 0.6 is 0 Å². The average molecular weight is 486 g/mol. The second-order valence-electron chi connectivity index (χ2n) is 9.60. The van der Waals surface area contributed by atoms with Crippen molar-refractivity contribution in [3.63, 3.8) is 0 Å². The number of anilines is 1. The summed E-state index contributed by atoms with van der Waals surface area (Å²) in [4.78, 5) is 21.2. The number of aromatic nitrogens is 10. The molecule has 0 spiro atoms. The van der Waals surface area contributed by atoms with E-state index in [2.05, 4.69) is 40.9 Å². The van der Waals surface area contributed by atoms with Gasteiger partial charge < -0.3 is 4.90 Å². The highest BCUT2D eigenvalue weighted by Crippen LogP contribution is 2.30. The Morgan fingerprint density at radius 2 is 1.72 bits per heavy atom. The molecule has 5 aromatic rings. The standard InChI is InChI=1S/C25H31N11/c1-5-19-17(3)29-25-31-20(32-36(25)22(19)33-11-7-6-8-12-33)14-16(2)21-18(4)30-24-26-15-28-35(24)23(21)34-13-9-10-27-34/h9-10,13,15-16H,5-8,11-12,14H2,1-4H3. The lowest BCUT2D eigenvalue weighted by molar-refractivity contribution is 0.565. The predicted octanol–water partition coefficient (Wildman–Crippen LogP) is 3.26. The van der Waals surface area contributed by atoms with Gasteiger partial charge in [-0.05, 0) is 51.5 Å². The van der Waals surface area contributed by atoms with Crippen LogP contribution in [0, 0.1) is 13.8 Å². The molecule has 1 aliphatic rings. The molecule has 6 rings (SSSR count). The lowest BCUT2D eigenvalue weighted by Gasteiger charge is -2.30. The summed E-state index contributed by atoms with van der Waals surface area (Å²) in [5.41, 5.74) is 4.24. The van der Waals surface area contributed by atoms with E-state index in [0.717, 1.165) is 53.9 Å². The molecular weight excluding hydrogens is 454 g/mol. The molecule has 186 valence electrons. The molecule has 11 nitrogen and oxygen atoms in total. The van der Waals surface area contributed by atoms with Crippen LogP contribution in [0.25, 0.3) is 17.4 Å². The lowest BCUT2D eigenvalue weighted by Crippen LogP contribution is -2.32. The number of piperidine rings is 1. The van der Waals surface area contributed by atoms with E-state index < -0.39 is 0 Å². The van der Waals surface area contributed by atoms with Crippen LogP contribution in [0.5, 0.6) is 0 Å². The number of rotatable bonds is 6. The van der Waals surface area contributed by atoms with E-state index in [4.69, 9.17) is 20.1 Å². The maximum atomic E-state index is 5.00. The minimum atomic E-state index is 0.0629. The fraction of sp³-hybridized carbons (Fsp3) is 0.480. The molecule has 0 N–H and O–H groups in total. The van der Waals surface area contributed by atoms with Gasteiger partial charge in [-0.3, -0.25) is 0 Å². The van der Waals surface area contributed by atoms with Gasteiger partial charge in [-0.15, -0.1) is 5.10 Å². The molecule has 0 saturated carbocycles. The van der Waals surface area contributed by atoms with Crippen molar-refractivity contribution in [2.75, 3.05) is 18.0 Å². The average Bonchev–Trinajstić information content (AvgIpc) is 3.63. The zero-order valence-corrected chi connectivity index (χ0v) is 21.3. The van der Waals surface area contributed by atoms with Crippen molar-refractivity contribution < 1.29 is 0 Å². The molecule has 0 radical (unpaired) electrons. The van der Waals surface area contributed by atoms with Gasteiger partial charge in [0.25, 0.3) is 11.6 Å². The van der Waals surface area contributed by atoms with E-state index in [1.807, 2.05) is 28.4 Å². The van der Waals surface area contributed by atoms with Gasteiger partial charge in [0.05, 0.1) is 0 Å². The van der Waals surface area contributed by atoms with Gasteiger partial charge in [0.2, 0.25) is 0 Å². The maximum Gasteiger partial charge on any atom is 0.254 e. The summed E-state index contributed by atoms with van der Waals surface area (Å²) in [5, 5.41) is 13.9. The van der Waals surface area contributed by atoms with E-state index in [1.54, 1.807) is 10.7 Å². The van der Waals surface area contributed by atoms with Crippen molar-refractivity contribution in [1.29, 1.82) is 0 Å². The number of hydrogen-bond donors (Lipinski definition) is 0. The largest absolute Gasteiger partial charge is 0.356 e. The van der Waals surface area contributed by atoms with Crippen molar-refractivity contribution >= 4 is 17.4 Å². The Morgan fingerprint density at radius 3 is 2.47 bits per heavy atom. The molecule has 0 amide bonds. The summed E-state index contributed by atoms with van der Waals surface area (Å²) < 4.78 is 5.54. The number of nitrogens with zero attached hydrogens (tertiary/aromatic N) is 11. The minimum absolute atomic E-state index is 0.0629. The van der Waals surface area contributed by atoms with Gasteiger partial charge in [-0.1, -0.05) is 13.8 Å². The van der Waals surface area contributed by atoms with Crippen LogP contribution in [0.1, 0.15) is 67.4 Å². The van der Waals surface area contributed by atoms with Crippen LogP contribution in [0.4, 0.5) is 5.82 Å². The molecule has 0 aliphatic carbocycles. The molecule has 0 bridgehead atoms. The molecule has 36 heavy (non-hydrogen) atoms. The first kappa shape index (κ1) is 22.6. The third kappa shape index (κ3) is 3.69. The van der Waals surface area contributed by atoms with Crippen LogP contribution < -0.4 is 4.90 Å². The third-order valence-electron chi connectivity index (χ3n) is 7.15. The Morgan fingerprint density at radius 1 is 0.917 bits per heavy atom. The van der Waals surface area contributed by atoms with E-state index in [1.165, 1.54) is 31.2 Å². The van der Waals surface area contributed by atoms with Gasteiger partial charge in [0.1, 0.15) is 12.1 Å². The molecule has 1 unspecified atom stereocenters. The Labute approximate surface area is 209 Å². The van der Waals surface area contributed by atoms with Crippen LogP contribution in [-0.2, 0) is 12.8 Å². The van der Waals surface area contributed by atoms with Crippen LogP contribution in [0.15, 0.2) is 24.8 Å². The van der Waals surface area contributed by atoms with Crippen molar-refractivity contribution in [2.24, 2.45) is 0 Å². The first-order chi connectivity index (χ1) is 17.5. The molecule has 0 aromatic carbocycles. The third-order valence-corrected chi connectivity index (χ3v) is 7.15. The van der Waals surface area contributed by atoms with Gasteiger partial charge >= 0.3 is 0 Å². The minimum Gasteiger partial charge on any atom is -0.356 e. The Hall–Kier alpha value is -3.89. The van der Waals surface area contributed by atoms with Crippen molar-refractivity contribution in [2.45, 2.75) is 65.7 Å². The van der Waals surface area contributed by atoms with Gasteiger partial charge in [-0.2, -0.15) is 29.2 Å². The molecule has 1 fully saturated rings. The highest BCUT2D eigenvalue weighted by molar-refractivity contribution is 5.55. The maximum absolute atomic E-state index is 5.00. The summed E-state index contributed by atoms with van der Waals surface area (Å²) >= 11 is 0. The van der Waals surface area contributed by atoms with Crippen LogP contribution in [-0.4, -0.2) is 62.0 Å². The Bertz CT molecular complexity index is 1520. The topological polar surface area (TPSA) is 107 Å². The van der Waals surface area contributed by atoms with Gasteiger partial charge in [0.15, 0.2) is 11.6 Å². The fourth-order valence-corrected chi connectivity index (χ4v) is 5.51. The van der Waals surface area contributed by atoms with Gasteiger partial charge in [-0.25, -0.2) is 14.6 Å². The SMILES string of the molecule is CCc1c(C)nc2nc(CC(C)c3c(C)nc4ncnn4c3-n3cccn3)nn2c1N1CCCCC1. The van der Waals surface area contributed by atoms with E-state index in [0.29, 0.717) is 18.0 Å². The summed E-state index contributed by atoms with van der Waals surface area (Å²) in [6, 6.07) is 1.90. The van der Waals surface area contributed by atoms with Crippen molar-refractivity contribution in [1.82, 2.24) is 48.9 Å². The second-order valence-corrected chi connectivity index (χ2v) is 9.60. The Balaban J connectivity index is 1.43. The first-order valence-corrected chi connectivity index (χ1v) is 12.8. The predicted molar refractivity (Wildman–Crippen MR) is 136 cm³/mol. The smallest absolute Gasteiger partial charge is 0.254 e. The fourth-order valence-electron chi connectivity index (χ4n) is 5.51. The second kappa shape index (κ2) is 8.96. The summed E-state index contributed by atoms with van der Waals surface area (Å²) in [6.45, 7) is 10.6. The number of hydrogen-bond acceptors (Lipinski definition) is 8. The molecule has 5 aromatic heterocycles. The first-order valence-electron chi connectivity index (χ1n) is 12.8. The molecule has 1 saturated heterocycles.